The smallest absolute Gasteiger partial charge is 0.266 e. The maximum Gasteiger partial charge on any atom is 0.266 e. The number of carbonyl (C=O) groups is 1. The summed E-state index contributed by atoms with van der Waals surface area (Å²) in [5.41, 5.74) is 1.19. The third-order valence-electron chi connectivity index (χ3n) is 2.80. The first-order valence-corrected chi connectivity index (χ1v) is 8.94. The molecule has 2 aromatic carbocycles. The zero-order chi connectivity index (χ0) is 17.0. The fourth-order valence-electron chi connectivity index (χ4n) is 1.75. The van der Waals surface area contributed by atoms with Crippen molar-refractivity contribution in [2.45, 2.75) is 0 Å². The zero-order valence-corrected chi connectivity index (χ0v) is 16.8. The topological polar surface area (TPSA) is 73.1 Å². The molecule has 0 aliphatic rings. The van der Waals surface area contributed by atoms with E-state index in [4.69, 9.17) is 0 Å². The minimum atomic E-state index is -0.491. The standard InChI is InChI=1S/C16H9Br2IN2O2/c17-13-5-9(6-14(18)15(13)22)4-10(8-20)16(23)21-12-3-1-2-11(19)7-12/h1-7,22H,(H,21,23)/b10-4+. The van der Waals surface area contributed by atoms with Crippen LogP contribution in [-0.4, -0.2) is 11.0 Å². The number of halogens is 3. The van der Waals surface area contributed by atoms with Crippen molar-refractivity contribution in [3.63, 3.8) is 0 Å². The molecule has 1 amide bonds. The normalized spacial score (nSPS) is 11.0. The van der Waals surface area contributed by atoms with Crippen LogP contribution in [-0.2, 0) is 4.79 Å². The third-order valence-corrected chi connectivity index (χ3v) is 4.68. The number of amides is 1. The zero-order valence-electron chi connectivity index (χ0n) is 11.5. The van der Waals surface area contributed by atoms with E-state index in [1.54, 1.807) is 24.3 Å². The van der Waals surface area contributed by atoms with Gasteiger partial charge in [-0.1, -0.05) is 6.07 Å². The van der Waals surface area contributed by atoms with Gasteiger partial charge in [0.05, 0.1) is 8.95 Å². The summed E-state index contributed by atoms with van der Waals surface area (Å²) < 4.78 is 1.91. The van der Waals surface area contributed by atoms with Crippen molar-refractivity contribution in [2.75, 3.05) is 5.32 Å². The maximum atomic E-state index is 12.2. The molecule has 2 rings (SSSR count). The Morgan fingerprint density at radius 2 is 1.91 bits per heavy atom. The lowest BCUT2D eigenvalue weighted by Crippen LogP contribution is -2.13. The van der Waals surface area contributed by atoms with Crippen molar-refractivity contribution in [1.82, 2.24) is 0 Å². The lowest BCUT2D eigenvalue weighted by Gasteiger charge is -2.06. The van der Waals surface area contributed by atoms with Gasteiger partial charge in [0.1, 0.15) is 17.4 Å². The molecule has 0 saturated heterocycles. The summed E-state index contributed by atoms with van der Waals surface area (Å²) in [5, 5.41) is 21.6. The van der Waals surface area contributed by atoms with Crippen molar-refractivity contribution in [2.24, 2.45) is 0 Å². The van der Waals surface area contributed by atoms with Gasteiger partial charge in [-0.25, -0.2) is 0 Å². The quantitative estimate of drug-likeness (QED) is 0.320. The van der Waals surface area contributed by atoms with Crippen LogP contribution in [0.1, 0.15) is 5.56 Å². The number of hydrogen-bond donors (Lipinski definition) is 2. The summed E-state index contributed by atoms with van der Waals surface area (Å²) in [5.74, 6) is -0.432. The molecule has 0 aliphatic carbocycles. The van der Waals surface area contributed by atoms with Crippen LogP contribution >= 0.6 is 54.5 Å². The average molecular weight is 548 g/mol. The molecule has 0 unspecified atom stereocenters. The fraction of sp³-hybridized carbons (Fsp3) is 0. The molecule has 0 fully saturated rings. The van der Waals surface area contributed by atoms with Gasteiger partial charge >= 0.3 is 0 Å². The van der Waals surface area contributed by atoms with E-state index in [1.807, 2.05) is 18.2 Å². The first kappa shape index (κ1) is 18.0. The minimum absolute atomic E-state index is 0.0339. The number of nitrogens with one attached hydrogen (secondary N) is 1. The fourth-order valence-corrected chi connectivity index (χ4v) is 3.51. The molecular formula is C16H9Br2IN2O2. The van der Waals surface area contributed by atoms with Crippen LogP contribution in [0.3, 0.4) is 0 Å². The Bertz CT molecular complexity index is 821. The summed E-state index contributed by atoms with van der Waals surface area (Å²) in [4.78, 5) is 12.2. The molecule has 0 radical (unpaired) electrons. The number of benzene rings is 2. The number of rotatable bonds is 3. The summed E-state index contributed by atoms with van der Waals surface area (Å²) in [6.45, 7) is 0. The van der Waals surface area contributed by atoms with E-state index >= 15 is 0 Å². The Kier molecular flexibility index (Phi) is 6.21. The SMILES string of the molecule is N#C/C(=C\c1cc(Br)c(O)c(Br)c1)C(=O)Nc1cccc(I)c1. The molecule has 0 aromatic heterocycles. The Labute approximate surface area is 163 Å². The van der Waals surface area contributed by atoms with Crippen LogP contribution in [0, 0.1) is 14.9 Å². The first-order valence-electron chi connectivity index (χ1n) is 6.27. The van der Waals surface area contributed by atoms with E-state index in [0.717, 1.165) is 3.57 Å². The van der Waals surface area contributed by atoms with E-state index in [1.165, 1.54) is 6.08 Å². The summed E-state index contributed by atoms with van der Waals surface area (Å²) in [6.07, 6.45) is 1.46. The van der Waals surface area contributed by atoms with Gasteiger partial charge in [0.25, 0.3) is 5.91 Å². The van der Waals surface area contributed by atoms with Crippen molar-refractivity contribution < 1.29 is 9.90 Å². The molecule has 23 heavy (non-hydrogen) atoms. The molecule has 0 atom stereocenters. The van der Waals surface area contributed by atoms with Gasteiger partial charge in [-0.05, 0) is 96.4 Å². The summed E-state index contributed by atoms with van der Waals surface area (Å²) in [6, 6.07) is 12.4. The molecule has 0 spiro atoms. The second kappa shape index (κ2) is 7.95. The molecule has 7 heteroatoms. The van der Waals surface area contributed by atoms with Crippen molar-refractivity contribution >= 4 is 72.1 Å². The largest absolute Gasteiger partial charge is 0.506 e. The van der Waals surface area contributed by atoms with E-state index in [0.29, 0.717) is 20.2 Å². The summed E-state index contributed by atoms with van der Waals surface area (Å²) >= 11 is 8.57. The number of nitrogens with zero attached hydrogens (tertiary/aromatic N) is 1. The average Bonchev–Trinajstić information content (AvgIpc) is 2.50. The van der Waals surface area contributed by atoms with Crippen LogP contribution in [0.25, 0.3) is 6.08 Å². The van der Waals surface area contributed by atoms with E-state index in [-0.39, 0.29) is 11.3 Å². The van der Waals surface area contributed by atoms with Crippen LogP contribution in [0.5, 0.6) is 5.75 Å². The molecular weight excluding hydrogens is 539 g/mol. The molecule has 4 nitrogen and oxygen atoms in total. The lowest BCUT2D eigenvalue weighted by molar-refractivity contribution is -0.112. The Balaban J connectivity index is 2.28. The summed E-state index contributed by atoms with van der Waals surface area (Å²) in [7, 11) is 0. The Morgan fingerprint density at radius 1 is 1.26 bits per heavy atom. The monoisotopic (exact) mass is 546 g/mol. The number of phenols is 1. The lowest BCUT2D eigenvalue weighted by atomic mass is 10.1. The van der Waals surface area contributed by atoms with E-state index in [9.17, 15) is 15.2 Å². The molecule has 2 aromatic rings. The molecule has 0 saturated carbocycles. The van der Waals surface area contributed by atoms with Gasteiger partial charge < -0.3 is 10.4 Å². The number of phenolic OH excluding ortho intramolecular Hbond substituents is 1. The van der Waals surface area contributed by atoms with E-state index in [2.05, 4.69) is 59.8 Å². The molecule has 116 valence electrons. The van der Waals surface area contributed by atoms with Crippen LogP contribution in [0.2, 0.25) is 0 Å². The molecule has 2 N–H and O–H groups in total. The highest BCUT2D eigenvalue weighted by atomic mass is 127. The van der Waals surface area contributed by atoms with Crippen molar-refractivity contribution in [1.29, 1.82) is 5.26 Å². The second-order valence-electron chi connectivity index (χ2n) is 4.47. The number of hydrogen-bond acceptors (Lipinski definition) is 3. The number of carbonyl (C=O) groups excluding carboxylic acids is 1. The van der Waals surface area contributed by atoms with Crippen molar-refractivity contribution in [3.05, 3.63) is 60.1 Å². The highest BCUT2D eigenvalue weighted by molar-refractivity contribution is 14.1. The van der Waals surface area contributed by atoms with Crippen LogP contribution in [0.15, 0.2) is 50.9 Å². The Hall–Kier alpha value is -1.37. The molecule has 0 bridgehead atoms. The number of aromatic hydroxyl groups is 1. The predicted octanol–water partition coefficient (Wildman–Crippen LogP) is 5.07. The van der Waals surface area contributed by atoms with E-state index < -0.39 is 5.91 Å². The van der Waals surface area contributed by atoms with Crippen LogP contribution in [0.4, 0.5) is 5.69 Å². The highest BCUT2D eigenvalue weighted by Crippen LogP contribution is 2.34. The highest BCUT2D eigenvalue weighted by Gasteiger charge is 2.11. The Morgan fingerprint density at radius 3 is 2.48 bits per heavy atom. The van der Waals surface area contributed by atoms with Crippen molar-refractivity contribution in [3.8, 4) is 11.8 Å². The van der Waals surface area contributed by atoms with Gasteiger partial charge in [-0.2, -0.15) is 5.26 Å². The number of anilines is 1. The maximum absolute atomic E-state index is 12.2. The second-order valence-corrected chi connectivity index (χ2v) is 7.42. The minimum Gasteiger partial charge on any atom is -0.506 e. The number of nitriles is 1. The van der Waals surface area contributed by atoms with Gasteiger partial charge in [0.15, 0.2) is 0 Å². The van der Waals surface area contributed by atoms with Gasteiger partial charge in [0.2, 0.25) is 0 Å². The molecule has 0 heterocycles. The first-order chi connectivity index (χ1) is 10.9. The van der Waals surface area contributed by atoms with Crippen LogP contribution < -0.4 is 5.32 Å². The predicted molar refractivity (Wildman–Crippen MR) is 105 cm³/mol. The van der Waals surface area contributed by atoms with Gasteiger partial charge in [-0.15, -0.1) is 0 Å². The van der Waals surface area contributed by atoms with Gasteiger partial charge in [-0.3, -0.25) is 4.79 Å². The molecule has 0 aliphatic heterocycles. The van der Waals surface area contributed by atoms with Gasteiger partial charge in [0, 0.05) is 9.26 Å². The third kappa shape index (κ3) is 4.80.